The number of hydrogen-bond acceptors (Lipinski definition) is 4. The summed E-state index contributed by atoms with van der Waals surface area (Å²) in [4.78, 5) is 14.4. The first-order valence-electron chi connectivity index (χ1n) is 7.83. The molecule has 1 aromatic carbocycles. The normalized spacial score (nSPS) is 17.6. The fraction of sp³-hybridized carbons (Fsp3) is 0.588. The maximum Gasteiger partial charge on any atom is 0.226 e. The van der Waals surface area contributed by atoms with Gasteiger partial charge in [-0.2, -0.15) is 0 Å². The predicted molar refractivity (Wildman–Crippen MR) is 93.8 cm³/mol. The van der Waals surface area contributed by atoms with Gasteiger partial charge in [0.15, 0.2) is 11.5 Å². The van der Waals surface area contributed by atoms with Crippen molar-refractivity contribution in [2.24, 2.45) is 0 Å². The fourth-order valence-corrected chi connectivity index (χ4v) is 2.88. The van der Waals surface area contributed by atoms with Crippen LogP contribution in [0.1, 0.15) is 24.8 Å². The van der Waals surface area contributed by atoms with Gasteiger partial charge in [-0.1, -0.05) is 6.07 Å². The summed E-state index contributed by atoms with van der Waals surface area (Å²) in [5.74, 6) is 1.50. The van der Waals surface area contributed by atoms with Crippen LogP contribution >= 0.6 is 12.4 Å². The third kappa shape index (κ3) is 5.29. The van der Waals surface area contributed by atoms with E-state index in [0.717, 1.165) is 37.9 Å². The SMILES string of the molecule is COc1ccc(CC(=O)N(C)C2CCCNCC2)cc1OC.Cl. The van der Waals surface area contributed by atoms with Crippen molar-refractivity contribution in [2.45, 2.75) is 31.7 Å². The molecule has 0 bridgehead atoms. The number of benzene rings is 1. The highest BCUT2D eigenvalue weighted by atomic mass is 35.5. The van der Waals surface area contributed by atoms with E-state index in [0.29, 0.717) is 24.0 Å². The van der Waals surface area contributed by atoms with E-state index in [1.807, 2.05) is 30.1 Å². The highest BCUT2D eigenvalue weighted by Crippen LogP contribution is 2.28. The maximum atomic E-state index is 12.5. The number of nitrogens with one attached hydrogen (secondary N) is 1. The average molecular weight is 343 g/mol. The first-order valence-corrected chi connectivity index (χ1v) is 7.83. The highest BCUT2D eigenvalue weighted by Gasteiger charge is 2.21. The Bertz CT molecular complexity index is 503. The van der Waals surface area contributed by atoms with Gasteiger partial charge in [-0.15, -0.1) is 12.4 Å². The zero-order valence-electron chi connectivity index (χ0n) is 14.1. The first-order chi connectivity index (χ1) is 10.7. The topological polar surface area (TPSA) is 50.8 Å². The summed E-state index contributed by atoms with van der Waals surface area (Å²) in [6.07, 6.45) is 3.61. The van der Waals surface area contributed by atoms with Gasteiger partial charge >= 0.3 is 0 Å². The Labute approximate surface area is 144 Å². The van der Waals surface area contributed by atoms with Gasteiger partial charge in [-0.25, -0.2) is 0 Å². The molecular formula is C17H27ClN2O3. The second kappa shape index (κ2) is 9.63. The molecular weight excluding hydrogens is 316 g/mol. The Hall–Kier alpha value is -1.46. The molecule has 1 fully saturated rings. The summed E-state index contributed by atoms with van der Waals surface area (Å²) < 4.78 is 10.5. The Morgan fingerprint density at radius 1 is 1.22 bits per heavy atom. The summed E-state index contributed by atoms with van der Waals surface area (Å²) in [5, 5.41) is 3.38. The number of likely N-dealkylation sites (N-methyl/N-ethyl adjacent to an activating group) is 1. The molecule has 1 atom stereocenters. The molecule has 1 N–H and O–H groups in total. The van der Waals surface area contributed by atoms with Crippen LogP contribution in [0.4, 0.5) is 0 Å². The minimum absolute atomic E-state index is 0. The molecule has 6 heteroatoms. The van der Waals surface area contributed by atoms with Crippen LogP contribution in [0.5, 0.6) is 11.5 Å². The number of carbonyl (C=O) groups excluding carboxylic acids is 1. The molecule has 0 aliphatic carbocycles. The molecule has 1 saturated heterocycles. The van der Waals surface area contributed by atoms with Gasteiger partial charge in [0.05, 0.1) is 20.6 Å². The Morgan fingerprint density at radius 3 is 2.65 bits per heavy atom. The van der Waals surface area contributed by atoms with E-state index in [1.165, 1.54) is 0 Å². The lowest BCUT2D eigenvalue weighted by Gasteiger charge is -2.27. The zero-order valence-corrected chi connectivity index (χ0v) is 14.9. The minimum Gasteiger partial charge on any atom is -0.493 e. The molecule has 130 valence electrons. The summed E-state index contributed by atoms with van der Waals surface area (Å²) in [6.45, 7) is 2.03. The highest BCUT2D eigenvalue weighted by molar-refractivity contribution is 5.85. The lowest BCUT2D eigenvalue weighted by Crippen LogP contribution is -2.38. The van der Waals surface area contributed by atoms with Crippen molar-refractivity contribution in [1.29, 1.82) is 0 Å². The van der Waals surface area contributed by atoms with Crippen molar-refractivity contribution in [3.63, 3.8) is 0 Å². The van der Waals surface area contributed by atoms with Crippen LogP contribution < -0.4 is 14.8 Å². The van der Waals surface area contributed by atoms with Crippen LogP contribution in [0.2, 0.25) is 0 Å². The third-order valence-corrected chi connectivity index (χ3v) is 4.29. The first kappa shape index (κ1) is 19.6. The van der Waals surface area contributed by atoms with Crippen molar-refractivity contribution in [3.8, 4) is 11.5 Å². The molecule has 1 aliphatic rings. The molecule has 1 amide bonds. The van der Waals surface area contributed by atoms with Crippen LogP contribution in [-0.2, 0) is 11.2 Å². The summed E-state index contributed by atoms with van der Waals surface area (Å²) in [6, 6.07) is 5.97. The number of amides is 1. The number of rotatable bonds is 5. The van der Waals surface area contributed by atoms with E-state index in [4.69, 9.17) is 9.47 Å². The zero-order chi connectivity index (χ0) is 15.9. The number of halogens is 1. The van der Waals surface area contributed by atoms with Gasteiger partial charge in [-0.3, -0.25) is 4.79 Å². The van der Waals surface area contributed by atoms with E-state index < -0.39 is 0 Å². The smallest absolute Gasteiger partial charge is 0.226 e. The molecule has 5 nitrogen and oxygen atoms in total. The average Bonchev–Trinajstić information content (AvgIpc) is 2.83. The van der Waals surface area contributed by atoms with Crippen molar-refractivity contribution in [3.05, 3.63) is 23.8 Å². The molecule has 0 aromatic heterocycles. The Balaban J connectivity index is 0.00000264. The van der Waals surface area contributed by atoms with Crippen LogP contribution in [0.15, 0.2) is 18.2 Å². The van der Waals surface area contributed by atoms with Gasteiger partial charge in [0.1, 0.15) is 0 Å². The molecule has 1 aliphatic heterocycles. The minimum atomic E-state index is 0. The van der Waals surface area contributed by atoms with Crippen LogP contribution in [0.3, 0.4) is 0 Å². The monoisotopic (exact) mass is 342 g/mol. The lowest BCUT2D eigenvalue weighted by molar-refractivity contribution is -0.131. The summed E-state index contributed by atoms with van der Waals surface area (Å²) >= 11 is 0. The van der Waals surface area contributed by atoms with Crippen LogP contribution in [-0.4, -0.2) is 51.2 Å². The molecule has 1 heterocycles. The molecule has 1 aromatic rings. The predicted octanol–water partition coefficient (Wildman–Crippen LogP) is 2.27. The molecule has 0 radical (unpaired) electrons. The number of nitrogens with zero attached hydrogens (tertiary/aromatic N) is 1. The Morgan fingerprint density at radius 2 is 1.96 bits per heavy atom. The van der Waals surface area contributed by atoms with Gasteiger partial charge in [0.25, 0.3) is 0 Å². The van der Waals surface area contributed by atoms with E-state index in [1.54, 1.807) is 14.2 Å². The molecule has 1 unspecified atom stereocenters. The number of hydrogen-bond donors (Lipinski definition) is 1. The van der Waals surface area contributed by atoms with E-state index in [9.17, 15) is 4.79 Å². The van der Waals surface area contributed by atoms with Gasteiger partial charge < -0.3 is 19.7 Å². The van der Waals surface area contributed by atoms with E-state index in [2.05, 4.69) is 5.32 Å². The van der Waals surface area contributed by atoms with Gasteiger partial charge in [0.2, 0.25) is 5.91 Å². The van der Waals surface area contributed by atoms with Crippen LogP contribution in [0, 0.1) is 0 Å². The van der Waals surface area contributed by atoms with E-state index in [-0.39, 0.29) is 18.3 Å². The van der Waals surface area contributed by atoms with Crippen molar-refractivity contribution < 1.29 is 14.3 Å². The second-order valence-electron chi connectivity index (χ2n) is 5.71. The third-order valence-electron chi connectivity index (χ3n) is 4.29. The Kier molecular flexibility index (Phi) is 8.20. The quantitative estimate of drug-likeness (QED) is 0.891. The fourth-order valence-electron chi connectivity index (χ4n) is 2.88. The molecule has 0 spiro atoms. The summed E-state index contributed by atoms with van der Waals surface area (Å²) in [7, 11) is 5.13. The van der Waals surface area contributed by atoms with Gasteiger partial charge in [-0.05, 0) is 50.0 Å². The summed E-state index contributed by atoms with van der Waals surface area (Å²) in [5.41, 5.74) is 0.946. The number of methoxy groups -OCH3 is 2. The molecule has 23 heavy (non-hydrogen) atoms. The van der Waals surface area contributed by atoms with Crippen LogP contribution in [0.25, 0.3) is 0 Å². The van der Waals surface area contributed by atoms with Crippen molar-refractivity contribution in [1.82, 2.24) is 10.2 Å². The second-order valence-corrected chi connectivity index (χ2v) is 5.71. The standard InChI is InChI=1S/C17H26N2O3.ClH/c1-19(14-5-4-9-18-10-8-14)17(20)12-13-6-7-15(21-2)16(11-13)22-3;/h6-7,11,14,18H,4-5,8-10,12H2,1-3H3;1H. The number of carbonyl (C=O) groups is 1. The van der Waals surface area contributed by atoms with E-state index >= 15 is 0 Å². The number of ether oxygens (including phenoxy) is 2. The van der Waals surface area contributed by atoms with Gasteiger partial charge in [0, 0.05) is 13.1 Å². The maximum absolute atomic E-state index is 12.5. The lowest BCUT2D eigenvalue weighted by atomic mass is 10.1. The largest absolute Gasteiger partial charge is 0.493 e. The molecule has 0 saturated carbocycles. The van der Waals surface area contributed by atoms with Crippen molar-refractivity contribution >= 4 is 18.3 Å². The molecule has 2 rings (SSSR count). The van der Waals surface area contributed by atoms with Crippen molar-refractivity contribution in [2.75, 3.05) is 34.4 Å².